The third-order valence-electron chi connectivity index (χ3n) is 11.9. The molecular weight excluding hydrogens is 828 g/mol. The Morgan fingerprint density at radius 2 is 0.892 bits per heavy atom. The van der Waals surface area contributed by atoms with Crippen LogP contribution < -0.4 is 5.32 Å². The van der Waals surface area contributed by atoms with Crippen molar-refractivity contribution in [2.24, 2.45) is 0 Å². The van der Waals surface area contributed by atoms with Crippen LogP contribution >= 0.6 is 7.82 Å². The largest absolute Gasteiger partial charge is 0.472 e. The van der Waals surface area contributed by atoms with Gasteiger partial charge in [-0.1, -0.05) is 216 Å². The second-order valence-corrected chi connectivity index (χ2v) is 21.0. The molecular formula is C56H106N2O6P+. The average molecular weight is 934 g/mol. The molecule has 0 aliphatic carbocycles. The average Bonchev–Trinajstić information content (AvgIpc) is 3.26. The SMILES string of the molecule is CCCCCCC/C=C\C/C=C\CCCCCCCCCCCCCCCC(=O)NC(COP(=O)(O)OCC[N+](C)(C)C)C(O)/C=C/CC/C=C/CC/C=C/CCCCCCCCCC. The van der Waals surface area contributed by atoms with Crippen LogP contribution in [0.15, 0.2) is 60.8 Å². The molecule has 380 valence electrons. The number of likely N-dealkylation sites (N-methyl/N-ethyl adjacent to an activating group) is 1. The van der Waals surface area contributed by atoms with E-state index in [0.29, 0.717) is 17.4 Å². The number of hydrogen-bond donors (Lipinski definition) is 3. The van der Waals surface area contributed by atoms with E-state index in [-0.39, 0.29) is 19.1 Å². The van der Waals surface area contributed by atoms with E-state index in [1.54, 1.807) is 6.08 Å². The highest BCUT2D eigenvalue weighted by atomic mass is 31.2. The van der Waals surface area contributed by atoms with Gasteiger partial charge in [0.25, 0.3) is 0 Å². The maximum Gasteiger partial charge on any atom is 0.472 e. The zero-order valence-corrected chi connectivity index (χ0v) is 44.1. The maximum atomic E-state index is 13.0. The van der Waals surface area contributed by atoms with Gasteiger partial charge in [0.15, 0.2) is 0 Å². The van der Waals surface area contributed by atoms with Crippen LogP contribution in [0, 0.1) is 0 Å². The number of carbonyl (C=O) groups is 1. The molecule has 3 atom stereocenters. The number of rotatable bonds is 49. The van der Waals surface area contributed by atoms with E-state index in [2.05, 4.69) is 67.8 Å². The molecule has 3 unspecified atom stereocenters. The van der Waals surface area contributed by atoms with E-state index >= 15 is 0 Å². The minimum atomic E-state index is -4.36. The zero-order chi connectivity index (χ0) is 47.8. The van der Waals surface area contributed by atoms with Crippen molar-refractivity contribution >= 4 is 13.7 Å². The topological polar surface area (TPSA) is 105 Å². The van der Waals surface area contributed by atoms with Crippen LogP contribution in [0.1, 0.15) is 239 Å². The van der Waals surface area contributed by atoms with Crippen molar-refractivity contribution in [3.63, 3.8) is 0 Å². The van der Waals surface area contributed by atoms with Gasteiger partial charge in [-0.2, -0.15) is 0 Å². The molecule has 0 aromatic rings. The number of unbranched alkanes of at least 4 members (excludes halogenated alkanes) is 28. The summed E-state index contributed by atoms with van der Waals surface area (Å²) in [6.07, 6.45) is 63.1. The number of phosphoric acid groups is 1. The number of amides is 1. The molecule has 8 nitrogen and oxygen atoms in total. The molecule has 0 spiro atoms. The number of carbonyl (C=O) groups excluding carboxylic acids is 1. The van der Waals surface area contributed by atoms with Crippen LogP contribution in [0.4, 0.5) is 0 Å². The summed E-state index contributed by atoms with van der Waals surface area (Å²) < 4.78 is 23.6. The van der Waals surface area contributed by atoms with E-state index in [9.17, 15) is 19.4 Å². The molecule has 3 N–H and O–H groups in total. The van der Waals surface area contributed by atoms with Crippen LogP contribution in [0.3, 0.4) is 0 Å². The molecule has 0 saturated heterocycles. The van der Waals surface area contributed by atoms with Gasteiger partial charge in [0.2, 0.25) is 5.91 Å². The van der Waals surface area contributed by atoms with E-state index in [1.807, 2.05) is 27.2 Å². The highest BCUT2D eigenvalue weighted by molar-refractivity contribution is 7.47. The molecule has 0 aliphatic heterocycles. The first kappa shape index (κ1) is 63.2. The molecule has 0 rings (SSSR count). The molecule has 0 aliphatic rings. The fourth-order valence-corrected chi connectivity index (χ4v) is 8.37. The first-order chi connectivity index (χ1) is 31.5. The van der Waals surface area contributed by atoms with Crippen LogP contribution in [0.5, 0.6) is 0 Å². The summed E-state index contributed by atoms with van der Waals surface area (Å²) >= 11 is 0. The van der Waals surface area contributed by atoms with Crippen LogP contribution in [0.2, 0.25) is 0 Å². The summed E-state index contributed by atoms with van der Waals surface area (Å²) in [5, 5.41) is 13.9. The van der Waals surface area contributed by atoms with Gasteiger partial charge in [0.1, 0.15) is 13.2 Å². The number of phosphoric ester groups is 1. The van der Waals surface area contributed by atoms with E-state index in [4.69, 9.17) is 9.05 Å². The molecule has 65 heavy (non-hydrogen) atoms. The summed E-state index contributed by atoms with van der Waals surface area (Å²) in [4.78, 5) is 23.2. The third kappa shape index (κ3) is 49.9. The predicted octanol–water partition coefficient (Wildman–Crippen LogP) is 16.1. The Hall–Kier alpha value is -1.80. The molecule has 0 aromatic carbocycles. The van der Waals surface area contributed by atoms with Crippen LogP contribution in [-0.4, -0.2) is 73.4 Å². The van der Waals surface area contributed by atoms with Gasteiger partial charge >= 0.3 is 7.82 Å². The Bertz CT molecular complexity index is 1240. The number of allylic oxidation sites excluding steroid dienone is 9. The summed E-state index contributed by atoms with van der Waals surface area (Å²) in [6, 6.07) is -0.872. The van der Waals surface area contributed by atoms with Gasteiger partial charge in [-0.05, 0) is 77.0 Å². The van der Waals surface area contributed by atoms with Crippen LogP contribution in [0.25, 0.3) is 0 Å². The van der Waals surface area contributed by atoms with Gasteiger partial charge in [-0.15, -0.1) is 0 Å². The fourth-order valence-electron chi connectivity index (χ4n) is 7.63. The normalized spacial score (nSPS) is 14.5. The van der Waals surface area contributed by atoms with Crippen LogP contribution in [-0.2, 0) is 18.4 Å². The maximum absolute atomic E-state index is 13.0. The minimum absolute atomic E-state index is 0.0520. The van der Waals surface area contributed by atoms with Gasteiger partial charge in [0.05, 0.1) is 39.9 Å². The number of nitrogens with zero attached hydrogens (tertiary/aromatic N) is 1. The number of nitrogens with one attached hydrogen (secondary N) is 1. The lowest BCUT2D eigenvalue weighted by Gasteiger charge is -2.25. The van der Waals surface area contributed by atoms with E-state index in [1.165, 1.54) is 167 Å². The number of quaternary nitrogens is 1. The molecule has 0 heterocycles. The number of hydrogen-bond acceptors (Lipinski definition) is 5. The quantitative estimate of drug-likeness (QED) is 0.0243. The second kappa shape index (κ2) is 47.3. The smallest absolute Gasteiger partial charge is 0.387 e. The summed E-state index contributed by atoms with van der Waals surface area (Å²) in [6.45, 7) is 4.78. The Morgan fingerprint density at radius 3 is 1.32 bits per heavy atom. The van der Waals surface area contributed by atoms with Gasteiger partial charge in [0, 0.05) is 6.42 Å². The van der Waals surface area contributed by atoms with Crippen molar-refractivity contribution in [1.29, 1.82) is 0 Å². The van der Waals surface area contributed by atoms with Gasteiger partial charge in [-0.3, -0.25) is 13.8 Å². The van der Waals surface area contributed by atoms with Crippen molar-refractivity contribution in [3.8, 4) is 0 Å². The number of aliphatic hydroxyl groups excluding tert-OH is 1. The van der Waals surface area contributed by atoms with Gasteiger partial charge < -0.3 is 19.8 Å². The summed E-state index contributed by atoms with van der Waals surface area (Å²) in [5.41, 5.74) is 0. The lowest BCUT2D eigenvalue weighted by molar-refractivity contribution is -0.870. The summed E-state index contributed by atoms with van der Waals surface area (Å²) in [5.74, 6) is -0.192. The monoisotopic (exact) mass is 934 g/mol. The highest BCUT2D eigenvalue weighted by Crippen LogP contribution is 2.43. The molecule has 0 saturated carbocycles. The fraction of sp³-hybridized carbons (Fsp3) is 0.804. The lowest BCUT2D eigenvalue weighted by atomic mass is 10.0. The Kier molecular flexibility index (Phi) is 46.0. The summed E-state index contributed by atoms with van der Waals surface area (Å²) in [7, 11) is 1.54. The first-order valence-electron chi connectivity index (χ1n) is 27.2. The molecule has 0 bridgehead atoms. The molecule has 0 aromatic heterocycles. The van der Waals surface area contributed by atoms with E-state index < -0.39 is 20.0 Å². The molecule has 1 amide bonds. The molecule has 0 radical (unpaired) electrons. The highest BCUT2D eigenvalue weighted by Gasteiger charge is 2.27. The lowest BCUT2D eigenvalue weighted by Crippen LogP contribution is -2.45. The Morgan fingerprint density at radius 1 is 0.523 bits per heavy atom. The van der Waals surface area contributed by atoms with Crippen molar-refractivity contribution in [2.75, 3.05) is 40.9 Å². The van der Waals surface area contributed by atoms with Crippen molar-refractivity contribution in [1.82, 2.24) is 5.32 Å². The Balaban J connectivity index is 4.29. The predicted molar refractivity (Wildman–Crippen MR) is 281 cm³/mol. The second-order valence-electron chi connectivity index (χ2n) is 19.6. The molecule has 9 heteroatoms. The third-order valence-corrected chi connectivity index (χ3v) is 12.9. The van der Waals surface area contributed by atoms with Crippen molar-refractivity contribution < 1.29 is 32.9 Å². The zero-order valence-electron chi connectivity index (χ0n) is 43.2. The number of aliphatic hydroxyl groups is 1. The first-order valence-corrected chi connectivity index (χ1v) is 28.7. The van der Waals surface area contributed by atoms with Crippen molar-refractivity contribution in [3.05, 3.63) is 60.8 Å². The standard InChI is InChI=1S/C56H105N2O6P/c1-6-8-10-12-14-16-18-20-22-24-26-27-28-29-30-31-32-34-36-38-40-42-44-46-48-50-56(60)57-54(53-64-65(61,62)63-52-51-58(3,4)5)55(59)49-47-45-43-41-39-37-35-33-25-23-21-19-17-15-13-11-9-7-2/h18,20,24-26,33,39,41,47,49,54-55,59H,6-17,19,21-23,27-32,34-38,40,42-46,48,50-53H2,1-5H3,(H-,57,60,61,62)/p+1/b20-18-,26-24-,33-25+,41-39+,49-47+. The van der Waals surface area contributed by atoms with Gasteiger partial charge in [-0.25, -0.2) is 4.57 Å². The van der Waals surface area contributed by atoms with E-state index in [0.717, 1.165) is 51.4 Å². The molecule has 0 fully saturated rings. The minimum Gasteiger partial charge on any atom is -0.387 e. The van der Waals surface area contributed by atoms with Crippen molar-refractivity contribution in [2.45, 2.75) is 251 Å². The Labute approximate surface area is 402 Å².